The molecule has 0 spiro atoms. The van der Waals surface area contributed by atoms with Crippen LogP contribution < -0.4 is 4.74 Å². The largest absolute Gasteiger partial charge is 0.490 e. The number of amides is 1. The zero-order valence-corrected chi connectivity index (χ0v) is 17.8. The molecule has 1 aromatic rings. The molecule has 1 saturated carbocycles. The highest BCUT2D eigenvalue weighted by Crippen LogP contribution is 2.25. The molecule has 0 bridgehead atoms. The van der Waals surface area contributed by atoms with Gasteiger partial charge in [0.2, 0.25) is 5.91 Å². The van der Waals surface area contributed by atoms with Crippen molar-refractivity contribution in [2.24, 2.45) is 0 Å². The number of piperazine rings is 1. The molecule has 2 aliphatic rings. The van der Waals surface area contributed by atoms with Crippen molar-refractivity contribution in [3.8, 4) is 5.75 Å². The van der Waals surface area contributed by atoms with Gasteiger partial charge >= 0.3 is 5.97 Å². The number of rotatable bonds is 8. The Labute approximate surface area is 174 Å². The number of benzene rings is 1. The Morgan fingerprint density at radius 2 is 1.86 bits per heavy atom. The second-order valence-electron chi connectivity index (χ2n) is 8.22. The average molecular weight is 403 g/mol. The minimum absolute atomic E-state index is 0.141. The summed E-state index contributed by atoms with van der Waals surface area (Å²) in [6, 6.07) is 8.32. The summed E-state index contributed by atoms with van der Waals surface area (Å²) < 4.78 is 10.8. The number of hydrogen-bond donors (Lipinski definition) is 0. The Kier molecular flexibility index (Phi) is 7.92. The molecule has 1 saturated heterocycles. The molecule has 2 fully saturated rings. The van der Waals surface area contributed by atoms with E-state index < -0.39 is 0 Å². The van der Waals surface area contributed by atoms with Gasteiger partial charge in [-0.15, -0.1) is 0 Å². The van der Waals surface area contributed by atoms with Crippen LogP contribution in [0.15, 0.2) is 24.3 Å². The number of methoxy groups -OCH3 is 1. The molecule has 1 aliphatic carbocycles. The van der Waals surface area contributed by atoms with Gasteiger partial charge in [-0.05, 0) is 56.7 Å². The fraction of sp³-hybridized carbons (Fsp3) is 0.652. The van der Waals surface area contributed by atoms with Gasteiger partial charge in [-0.3, -0.25) is 14.5 Å². The van der Waals surface area contributed by atoms with E-state index in [9.17, 15) is 9.59 Å². The summed E-state index contributed by atoms with van der Waals surface area (Å²) in [5, 5.41) is 0. The number of hydrogen-bond acceptors (Lipinski definition) is 5. The summed E-state index contributed by atoms with van der Waals surface area (Å²) in [5.74, 6) is 0.942. The topological polar surface area (TPSA) is 59.1 Å². The fourth-order valence-electron chi connectivity index (χ4n) is 4.25. The van der Waals surface area contributed by atoms with E-state index in [2.05, 4.69) is 17.0 Å². The van der Waals surface area contributed by atoms with Crippen LogP contribution in [0.3, 0.4) is 0 Å². The van der Waals surface area contributed by atoms with Crippen LogP contribution in [0, 0.1) is 0 Å². The Morgan fingerprint density at radius 3 is 2.55 bits per heavy atom. The van der Waals surface area contributed by atoms with Crippen molar-refractivity contribution >= 4 is 11.9 Å². The summed E-state index contributed by atoms with van der Waals surface area (Å²) in [6.45, 7) is 5.07. The molecule has 0 aromatic heterocycles. The Hall–Kier alpha value is -2.08. The van der Waals surface area contributed by atoms with Gasteiger partial charge in [0, 0.05) is 38.6 Å². The zero-order valence-electron chi connectivity index (χ0n) is 17.8. The van der Waals surface area contributed by atoms with E-state index in [4.69, 9.17) is 9.47 Å². The van der Waals surface area contributed by atoms with Crippen LogP contribution in [0.5, 0.6) is 5.75 Å². The summed E-state index contributed by atoms with van der Waals surface area (Å²) in [6.07, 6.45) is 6.81. The molecule has 1 aliphatic heterocycles. The molecule has 0 unspecified atom stereocenters. The van der Waals surface area contributed by atoms with Crippen LogP contribution in [0.1, 0.15) is 51.0 Å². The molecular formula is C23H34N2O4. The number of ether oxygens (including phenoxy) is 2. The lowest BCUT2D eigenvalue weighted by atomic mass is 10.1. The van der Waals surface area contributed by atoms with E-state index in [1.165, 1.54) is 20.0 Å². The smallest absolute Gasteiger partial charge is 0.307 e. The number of nitrogens with zero attached hydrogens (tertiary/aromatic N) is 2. The summed E-state index contributed by atoms with van der Waals surface area (Å²) in [7, 11) is 1.42. The molecule has 6 nitrogen and oxygen atoms in total. The highest BCUT2D eigenvalue weighted by Gasteiger charge is 2.25. The van der Waals surface area contributed by atoms with Crippen molar-refractivity contribution < 1.29 is 19.1 Å². The van der Waals surface area contributed by atoms with Crippen LogP contribution in [0.4, 0.5) is 0 Å². The molecule has 160 valence electrons. The summed E-state index contributed by atoms with van der Waals surface area (Å²) in [4.78, 5) is 28.3. The number of carbonyl (C=O) groups excluding carboxylic acids is 2. The maximum Gasteiger partial charge on any atom is 0.307 e. The third-order valence-corrected chi connectivity index (χ3v) is 6.11. The van der Waals surface area contributed by atoms with Gasteiger partial charge in [0.1, 0.15) is 5.75 Å². The second kappa shape index (κ2) is 10.6. The van der Waals surface area contributed by atoms with Crippen LogP contribution in [0.25, 0.3) is 0 Å². The Balaban J connectivity index is 1.41. The van der Waals surface area contributed by atoms with Crippen molar-refractivity contribution in [3.63, 3.8) is 0 Å². The predicted octanol–water partition coefficient (Wildman–Crippen LogP) is 3.04. The van der Waals surface area contributed by atoms with E-state index in [0.29, 0.717) is 18.9 Å². The first kappa shape index (κ1) is 21.6. The minimum Gasteiger partial charge on any atom is -0.490 e. The van der Waals surface area contributed by atoms with Crippen LogP contribution >= 0.6 is 0 Å². The van der Waals surface area contributed by atoms with E-state index in [1.54, 1.807) is 0 Å². The number of carbonyl (C=O) groups is 2. The van der Waals surface area contributed by atoms with Gasteiger partial charge < -0.3 is 14.4 Å². The van der Waals surface area contributed by atoms with Gasteiger partial charge in [-0.1, -0.05) is 12.1 Å². The maximum absolute atomic E-state index is 12.6. The fourth-order valence-corrected chi connectivity index (χ4v) is 4.25. The van der Waals surface area contributed by atoms with Crippen molar-refractivity contribution in [2.75, 3.05) is 33.3 Å². The van der Waals surface area contributed by atoms with Gasteiger partial charge in [0.15, 0.2) is 0 Å². The minimum atomic E-state index is -0.185. The Bertz CT molecular complexity index is 679. The first-order valence-corrected chi connectivity index (χ1v) is 10.9. The number of esters is 1. The van der Waals surface area contributed by atoms with Gasteiger partial charge in [-0.25, -0.2) is 0 Å². The zero-order chi connectivity index (χ0) is 20.6. The molecule has 1 aromatic carbocycles. The van der Waals surface area contributed by atoms with Crippen LogP contribution in [-0.4, -0.2) is 67.1 Å². The van der Waals surface area contributed by atoms with Gasteiger partial charge in [-0.2, -0.15) is 0 Å². The molecular weight excluding hydrogens is 368 g/mol. The van der Waals surface area contributed by atoms with Crippen LogP contribution in [-0.2, 0) is 20.7 Å². The molecule has 29 heavy (non-hydrogen) atoms. The molecule has 1 atom stereocenters. The van der Waals surface area contributed by atoms with E-state index in [1.807, 2.05) is 24.0 Å². The molecule has 1 heterocycles. The highest BCUT2D eigenvalue weighted by atomic mass is 16.5. The maximum atomic E-state index is 12.6. The lowest BCUT2D eigenvalue weighted by molar-refractivity contribution is -0.142. The lowest BCUT2D eigenvalue weighted by Gasteiger charge is -2.37. The van der Waals surface area contributed by atoms with Crippen molar-refractivity contribution in [2.45, 2.75) is 64.0 Å². The monoisotopic (exact) mass is 402 g/mol. The SMILES string of the molecule is COC(=O)C[C@@H](C)N1CCN(C(=O)CCc2cccc(OC3CCCC3)c2)CC1. The normalized spacial score (nSPS) is 19.2. The predicted molar refractivity (Wildman–Crippen MR) is 112 cm³/mol. The molecule has 0 radical (unpaired) electrons. The summed E-state index contributed by atoms with van der Waals surface area (Å²) in [5.41, 5.74) is 1.15. The van der Waals surface area contributed by atoms with Crippen molar-refractivity contribution in [1.82, 2.24) is 9.80 Å². The first-order valence-electron chi connectivity index (χ1n) is 10.9. The second-order valence-corrected chi connectivity index (χ2v) is 8.22. The van der Waals surface area contributed by atoms with Crippen molar-refractivity contribution in [1.29, 1.82) is 0 Å². The third-order valence-electron chi connectivity index (χ3n) is 6.11. The third kappa shape index (κ3) is 6.46. The highest BCUT2D eigenvalue weighted by molar-refractivity contribution is 5.76. The quantitative estimate of drug-likeness (QED) is 0.626. The molecule has 3 rings (SSSR count). The lowest BCUT2D eigenvalue weighted by Crippen LogP contribution is -2.51. The first-order chi connectivity index (χ1) is 14.0. The van der Waals surface area contributed by atoms with Gasteiger partial charge in [0.25, 0.3) is 0 Å². The molecule has 6 heteroatoms. The van der Waals surface area contributed by atoms with Crippen LogP contribution in [0.2, 0.25) is 0 Å². The average Bonchev–Trinajstić information content (AvgIpc) is 3.25. The van der Waals surface area contributed by atoms with Crippen molar-refractivity contribution in [3.05, 3.63) is 29.8 Å². The molecule has 1 amide bonds. The molecule has 0 N–H and O–H groups in total. The standard InChI is InChI=1S/C23H34N2O4/c1-18(16-23(27)28-2)24-12-14-25(15-13-24)22(26)11-10-19-6-5-9-21(17-19)29-20-7-3-4-8-20/h5-6,9,17-18,20H,3-4,7-8,10-16H2,1-2H3/t18-/m1/s1. The van der Waals surface area contributed by atoms with E-state index in [0.717, 1.165) is 56.8 Å². The Morgan fingerprint density at radius 1 is 1.14 bits per heavy atom. The van der Waals surface area contributed by atoms with Gasteiger partial charge in [0.05, 0.1) is 19.6 Å². The van der Waals surface area contributed by atoms with E-state index in [-0.39, 0.29) is 17.9 Å². The summed E-state index contributed by atoms with van der Waals surface area (Å²) >= 11 is 0. The number of aryl methyl sites for hydroxylation is 1. The van der Waals surface area contributed by atoms with E-state index >= 15 is 0 Å².